The Kier molecular flexibility index (Phi) is 7.50. The second kappa shape index (κ2) is 10.7. The van der Waals surface area contributed by atoms with E-state index < -0.39 is 0 Å². The number of carbonyl (C=O) groups excluding carboxylic acids is 1. The molecule has 3 aromatic rings. The lowest BCUT2D eigenvalue weighted by atomic mass is 10.0. The van der Waals surface area contributed by atoms with E-state index in [9.17, 15) is 4.79 Å². The number of oxazole rings is 1. The van der Waals surface area contributed by atoms with E-state index in [-0.39, 0.29) is 17.7 Å². The molecule has 2 aromatic heterocycles. The van der Waals surface area contributed by atoms with Crippen LogP contribution in [0.4, 0.5) is 6.01 Å². The molecule has 4 rings (SSSR count). The molecule has 3 heterocycles. The van der Waals surface area contributed by atoms with E-state index in [0.717, 1.165) is 57.5 Å². The van der Waals surface area contributed by atoms with Crippen LogP contribution in [0.3, 0.4) is 0 Å². The van der Waals surface area contributed by atoms with Crippen molar-refractivity contribution in [3.63, 3.8) is 0 Å². The number of H-pyrrole nitrogens is 1. The summed E-state index contributed by atoms with van der Waals surface area (Å²) < 4.78 is 5.87. The summed E-state index contributed by atoms with van der Waals surface area (Å²) in [7, 11) is 0. The predicted octanol–water partition coefficient (Wildman–Crippen LogP) is 4.39. The van der Waals surface area contributed by atoms with Gasteiger partial charge in [0.2, 0.25) is 5.76 Å². The van der Waals surface area contributed by atoms with Crippen molar-refractivity contribution in [3.05, 3.63) is 59.6 Å². The Hall–Kier alpha value is -3.06. The zero-order chi connectivity index (χ0) is 23.2. The standard InChI is InChI=1S/C26H35N5O2/c1-4-11-30-12-14-31(15-13-30)26-28-18-24(33-26)25(32)29-21(10-9-19(2)3)16-20-17-27-23-8-6-5-7-22(20)23/h5-9,17-18,21,27H,4,10-16H2,1-3H3,(H,29,32). The van der Waals surface area contributed by atoms with Crippen molar-refractivity contribution in [2.24, 2.45) is 0 Å². The maximum Gasteiger partial charge on any atom is 0.298 e. The number of fused-ring (bicyclic) bond motifs is 1. The van der Waals surface area contributed by atoms with Gasteiger partial charge in [-0.25, -0.2) is 4.98 Å². The quantitative estimate of drug-likeness (QED) is 0.474. The van der Waals surface area contributed by atoms with Gasteiger partial charge in [0.05, 0.1) is 6.20 Å². The number of benzene rings is 1. The van der Waals surface area contributed by atoms with E-state index in [4.69, 9.17) is 4.42 Å². The Morgan fingerprint density at radius 2 is 2.03 bits per heavy atom. The Bertz CT molecular complexity index is 1090. The van der Waals surface area contributed by atoms with Crippen LogP contribution < -0.4 is 10.2 Å². The highest BCUT2D eigenvalue weighted by atomic mass is 16.4. The molecule has 1 amide bonds. The number of para-hydroxylation sites is 1. The predicted molar refractivity (Wildman–Crippen MR) is 133 cm³/mol. The number of carbonyl (C=O) groups is 1. The van der Waals surface area contributed by atoms with Crippen molar-refractivity contribution in [1.29, 1.82) is 0 Å². The second-order valence-corrected chi connectivity index (χ2v) is 9.09. The van der Waals surface area contributed by atoms with Crippen LogP contribution in [0, 0.1) is 0 Å². The number of nitrogens with one attached hydrogen (secondary N) is 2. The van der Waals surface area contributed by atoms with E-state index >= 15 is 0 Å². The maximum atomic E-state index is 13.0. The maximum absolute atomic E-state index is 13.0. The first-order valence-electron chi connectivity index (χ1n) is 12.0. The minimum atomic E-state index is -0.217. The zero-order valence-electron chi connectivity index (χ0n) is 19.9. The highest BCUT2D eigenvalue weighted by molar-refractivity contribution is 5.91. The molecule has 0 saturated carbocycles. The molecule has 0 radical (unpaired) electrons. The van der Waals surface area contributed by atoms with E-state index in [1.54, 1.807) is 6.20 Å². The van der Waals surface area contributed by atoms with Gasteiger partial charge < -0.3 is 19.6 Å². The fourth-order valence-corrected chi connectivity index (χ4v) is 4.39. The first-order chi connectivity index (χ1) is 16.0. The number of nitrogens with zero attached hydrogens (tertiary/aromatic N) is 3. The van der Waals surface area contributed by atoms with E-state index in [0.29, 0.717) is 6.01 Å². The number of aromatic amines is 1. The lowest BCUT2D eigenvalue weighted by Gasteiger charge is -2.33. The first-order valence-corrected chi connectivity index (χ1v) is 12.0. The van der Waals surface area contributed by atoms with Crippen molar-refractivity contribution < 1.29 is 9.21 Å². The Balaban J connectivity index is 1.42. The molecule has 176 valence electrons. The van der Waals surface area contributed by atoms with Crippen molar-refractivity contribution in [3.8, 4) is 0 Å². The number of aromatic nitrogens is 2. The number of piperazine rings is 1. The van der Waals surface area contributed by atoms with Crippen LogP contribution in [-0.4, -0.2) is 59.5 Å². The van der Waals surface area contributed by atoms with Gasteiger partial charge in [0, 0.05) is 49.3 Å². The van der Waals surface area contributed by atoms with Crippen LogP contribution in [-0.2, 0) is 6.42 Å². The molecule has 0 bridgehead atoms. The van der Waals surface area contributed by atoms with Crippen molar-refractivity contribution >= 4 is 22.8 Å². The molecule has 2 N–H and O–H groups in total. The van der Waals surface area contributed by atoms with Gasteiger partial charge in [-0.3, -0.25) is 9.69 Å². The average Bonchev–Trinajstić information content (AvgIpc) is 3.46. The van der Waals surface area contributed by atoms with Crippen LogP contribution in [0.1, 0.15) is 49.7 Å². The SMILES string of the molecule is CCCN1CCN(c2ncc(C(=O)NC(CC=C(C)C)Cc3c[nH]c4ccccc34)o2)CC1. The summed E-state index contributed by atoms with van der Waals surface area (Å²) in [5.41, 5.74) is 3.54. The lowest BCUT2D eigenvalue weighted by Crippen LogP contribution is -2.46. The molecule has 0 spiro atoms. The summed E-state index contributed by atoms with van der Waals surface area (Å²) in [4.78, 5) is 25.3. The molecule has 7 heteroatoms. The number of hydrogen-bond donors (Lipinski definition) is 2. The van der Waals surface area contributed by atoms with E-state index in [2.05, 4.69) is 64.1 Å². The number of amides is 1. The summed E-state index contributed by atoms with van der Waals surface area (Å²) in [6.07, 6.45) is 8.41. The van der Waals surface area contributed by atoms with Crippen LogP contribution in [0.2, 0.25) is 0 Å². The largest absolute Gasteiger partial charge is 0.418 e. The third-order valence-corrected chi connectivity index (χ3v) is 6.19. The minimum absolute atomic E-state index is 0.0438. The topological polar surface area (TPSA) is 77.4 Å². The monoisotopic (exact) mass is 449 g/mol. The van der Waals surface area contributed by atoms with Gasteiger partial charge >= 0.3 is 0 Å². The molecule has 1 atom stereocenters. The van der Waals surface area contributed by atoms with Crippen molar-refractivity contribution in [2.75, 3.05) is 37.6 Å². The second-order valence-electron chi connectivity index (χ2n) is 9.09. The summed E-state index contributed by atoms with van der Waals surface area (Å²) in [5, 5.41) is 4.37. The molecule has 1 unspecified atom stereocenters. The molecule has 1 fully saturated rings. The summed E-state index contributed by atoms with van der Waals surface area (Å²) in [5.74, 6) is 0.0486. The van der Waals surface area contributed by atoms with Gasteiger partial charge in [-0.1, -0.05) is 36.8 Å². The molecular weight excluding hydrogens is 414 g/mol. The summed E-state index contributed by atoms with van der Waals surface area (Å²) in [6.45, 7) is 11.2. The van der Waals surface area contributed by atoms with Gasteiger partial charge in [-0.2, -0.15) is 0 Å². The van der Waals surface area contributed by atoms with Crippen molar-refractivity contribution in [2.45, 2.75) is 46.1 Å². The molecule has 1 saturated heterocycles. The minimum Gasteiger partial charge on any atom is -0.418 e. The number of rotatable bonds is 9. The fourth-order valence-electron chi connectivity index (χ4n) is 4.39. The molecule has 1 aromatic carbocycles. The molecule has 1 aliphatic rings. The smallest absolute Gasteiger partial charge is 0.298 e. The van der Waals surface area contributed by atoms with Crippen LogP contribution in [0.5, 0.6) is 0 Å². The van der Waals surface area contributed by atoms with E-state index in [1.165, 1.54) is 16.5 Å². The fraction of sp³-hybridized carbons (Fsp3) is 0.462. The zero-order valence-corrected chi connectivity index (χ0v) is 19.9. The van der Waals surface area contributed by atoms with Gasteiger partial charge in [0.1, 0.15) is 0 Å². The Labute approximate surface area is 195 Å². The average molecular weight is 450 g/mol. The lowest BCUT2D eigenvalue weighted by molar-refractivity contribution is 0.0909. The van der Waals surface area contributed by atoms with Crippen molar-refractivity contribution in [1.82, 2.24) is 20.2 Å². The van der Waals surface area contributed by atoms with Crippen LogP contribution >= 0.6 is 0 Å². The number of anilines is 1. The molecule has 33 heavy (non-hydrogen) atoms. The third-order valence-electron chi connectivity index (χ3n) is 6.19. The molecule has 1 aliphatic heterocycles. The van der Waals surface area contributed by atoms with Gasteiger partial charge in [-0.15, -0.1) is 0 Å². The first kappa shape index (κ1) is 23.1. The normalized spacial score (nSPS) is 15.5. The molecular formula is C26H35N5O2. The summed E-state index contributed by atoms with van der Waals surface area (Å²) >= 11 is 0. The van der Waals surface area contributed by atoms with Crippen LogP contribution in [0.25, 0.3) is 10.9 Å². The highest BCUT2D eigenvalue weighted by Gasteiger charge is 2.23. The highest BCUT2D eigenvalue weighted by Crippen LogP contribution is 2.21. The Morgan fingerprint density at radius 3 is 2.79 bits per heavy atom. The van der Waals surface area contributed by atoms with Gasteiger partial charge in [0.25, 0.3) is 11.9 Å². The summed E-state index contributed by atoms with van der Waals surface area (Å²) in [6, 6.07) is 8.74. The van der Waals surface area contributed by atoms with Crippen LogP contribution in [0.15, 0.2) is 52.7 Å². The van der Waals surface area contributed by atoms with Gasteiger partial charge in [0.15, 0.2) is 0 Å². The number of hydrogen-bond acceptors (Lipinski definition) is 5. The molecule has 7 nitrogen and oxygen atoms in total. The third kappa shape index (κ3) is 5.85. The Morgan fingerprint density at radius 1 is 1.24 bits per heavy atom. The number of allylic oxidation sites excluding steroid dienone is 1. The van der Waals surface area contributed by atoms with E-state index in [1.807, 2.05) is 18.3 Å². The molecule has 0 aliphatic carbocycles. The van der Waals surface area contributed by atoms with Gasteiger partial charge in [-0.05, 0) is 51.3 Å².